The first-order valence-corrected chi connectivity index (χ1v) is 22.6. The van der Waals surface area contributed by atoms with Crippen molar-refractivity contribution < 1.29 is 21.6 Å². The Morgan fingerprint density at radius 1 is 0.750 bits per heavy atom. The second-order valence-electron chi connectivity index (χ2n) is 12.7. The summed E-state index contributed by atoms with van der Waals surface area (Å²) >= 11 is 8.60. The van der Waals surface area contributed by atoms with Crippen molar-refractivity contribution in [2.45, 2.75) is 22.8 Å². The number of aromatic nitrogens is 5. The SMILES string of the molecule is C[C@H](C(=O)N1CCN(c2ccc(S(=O)(=O)Nc3nccs3)cn2)CC1)n1ccc2ccc(Cl)cc21.O=S(=O)(Nc1nccs1)c1ccc(N2CCNCC2)nc1. The normalized spacial score (nSPS) is 15.6. The van der Waals surface area contributed by atoms with Crippen LogP contribution in [0.3, 0.4) is 0 Å². The lowest BCUT2D eigenvalue weighted by Gasteiger charge is -2.36. The number of carbonyl (C=O) groups is 1. The number of piperazine rings is 2. The van der Waals surface area contributed by atoms with E-state index in [0.29, 0.717) is 47.3 Å². The molecule has 6 aromatic rings. The topological polar surface area (TPSA) is 188 Å². The van der Waals surface area contributed by atoms with Gasteiger partial charge in [-0.25, -0.2) is 36.8 Å². The first kappa shape index (κ1) is 39.4. The maximum absolute atomic E-state index is 13.2. The first-order chi connectivity index (χ1) is 27.0. The molecule has 0 aliphatic carbocycles. The number of anilines is 4. The van der Waals surface area contributed by atoms with Crippen molar-refractivity contribution in [1.29, 1.82) is 0 Å². The summed E-state index contributed by atoms with van der Waals surface area (Å²) in [4.78, 5) is 35.9. The van der Waals surface area contributed by atoms with Crippen LogP contribution in [-0.2, 0) is 24.8 Å². The van der Waals surface area contributed by atoms with E-state index in [-0.39, 0.29) is 21.7 Å². The summed E-state index contributed by atoms with van der Waals surface area (Å²) in [7, 11) is -7.37. The Bertz CT molecular complexity index is 2450. The summed E-state index contributed by atoms with van der Waals surface area (Å²) in [5.74, 6) is 1.51. The van der Waals surface area contributed by atoms with Crippen LogP contribution in [0.25, 0.3) is 10.9 Å². The smallest absolute Gasteiger partial charge is 0.265 e. The predicted molar refractivity (Wildman–Crippen MR) is 220 cm³/mol. The number of pyridine rings is 2. The van der Waals surface area contributed by atoms with Crippen molar-refractivity contribution in [2.24, 2.45) is 0 Å². The van der Waals surface area contributed by atoms with Gasteiger partial charge in [-0.1, -0.05) is 17.7 Å². The van der Waals surface area contributed by atoms with Crippen LogP contribution in [0.15, 0.2) is 100 Å². The molecule has 56 heavy (non-hydrogen) atoms. The molecular formula is C35H38ClN11O5S4. The van der Waals surface area contributed by atoms with Crippen LogP contribution in [-0.4, -0.2) is 105 Å². The number of carbonyl (C=O) groups excluding carboxylic acids is 1. The van der Waals surface area contributed by atoms with Gasteiger partial charge >= 0.3 is 0 Å². The standard InChI is InChI=1S/C23H23ClN6O3S2.C12H15N5O2S2/c1-16(30-8-6-17-2-3-18(24)14-20(17)30)22(31)29-11-9-28(10-12-29)21-5-4-19(15-26-21)35(32,33)27-23-25-7-13-34-23;18-21(19,16-12-14-5-8-20-12)10-1-2-11(15-9-10)17-6-3-13-4-7-17/h2-8,13-16H,9-12H2,1H3,(H,25,27);1-2,5,8-9,13H,3-4,6-7H2,(H,14,16)/t16-;/m1./s1. The van der Waals surface area contributed by atoms with Gasteiger partial charge in [-0.05, 0) is 54.8 Å². The lowest BCUT2D eigenvalue weighted by atomic mass is 10.2. The van der Waals surface area contributed by atoms with E-state index in [1.807, 2.05) is 51.8 Å². The molecule has 294 valence electrons. The summed E-state index contributed by atoms with van der Waals surface area (Å²) < 4.78 is 56.2. The Balaban J connectivity index is 0.000000195. The highest BCUT2D eigenvalue weighted by Gasteiger charge is 2.27. The third kappa shape index (κ3) is 9.22. The van der Waals surface area contributed by atoms with E-state index in [1.165, 1.54) is 47.3 Å². The molecule has 2 aliphatic rings. The van der Waals surface area contributed by atoms with Crippen molar-refractivity contribution in [1.82, 2.24) is 34.7 Å². The summed E-state index contributed by atoms with van der Waals surface area (Å²) in [6, 6.07) is 13.8. The number of nitrogens with zero attached hydrogens (tertiary/aromatic N) is 8. The number of amides is 1. The zero-order valence-electron chi connectivity index (χ0n) is 30.0. The maximum atomic E-state index is 13.2. The van der Waals surface area contributed by atoms with Crippen LogP contribution in [0.2, 0.25) is 5.02 Å². The molecule has 16 nitrogen and oxygen atoms in total. The summed E-state index contributed by atoms with van der Waals surface area (Å²) in [5, 5.41) is 9.00. The van der Waals surface area contributed by atoms with Gasteiger partial charge in [-0.2, -0.15) is 0 Å². The molecule has 0 unspecified atom stereocenters. The van der Waals surface area contributed by atoms with E-state index in [0.717, 1.165) is 42.9 Å². The van der Waals surface area contributed by atoms with E-state index >= 15 is 0 Å². The molecule has 5 aromatic heterocycles. The largest absolute Gasteiger partial charge is 0.354 e. The fourth-order valence-electron chi connectivity index (χ4n) is 6.23. The second kappa shape index (κ2) is 17.1. The number of hydrogen-bond acceptors (Lipinski definition) is 14. The molecule has 0 spiro atoms. The Hall–Kier alpha value is -4.86. The van der Waals surface area contributed by atoms with Crippen molar-refractivity contribution in [3.8, 4) is 0 Å². The highest BCUT2D eigenvalue weighted by molar-refractivity contribution is 7.93. The van der Waals surface area contributed by atoms with Crippen LogP contribution < -0.4 is 24.6 Å². The number of nitrogens with one attached hydrogen (secondary N) is 3. The maximum Gasteiger partial charge on any atom is 0.265 e. The van der Waals surface area contributed by atoms with E-state index in [9.17, 15) is 21.6 Å². The van der Waals surface area contributed by atoms with Crippen LogP contribution in [0.1, 0.15) is 13.0 Å². The Labute approximate surface area is 337 Å². The van der Waals surface area contributed by atoms with Crippen molar-refractivity contribution in [3.05, 3.63) is 95.3 Å². The number of hydrogen-bond donors (Lipinski definition) is 3. The first-order valence-electron chi connectivity index (χ1n) is 17.5. The molecule has 1 atom stereocenters. The zero-order chi connectivity index (χ0) is 39.3. The van der Waals surface area contributed by atoms with E-state index in [1.54, 1.807) is 35.2 Å². The molecule has 8 rings (SSSR count). The van der Waals surface area contributed by atoms with E-state index in [2.05, 4.69) is 39.6 Å². The lowest BCUT2D eigenvalue weighted by Crippen LogP contribution is -2.50. The number of rotatable bonds is 10. The van der Waals surface area contributed by atoms with Gasteiger partial charge in [0.05, 0.1) is 5.52 Å². The predicted octanol–water partition coefficient (Wildman–Crippen LogP) is 4.61. The molecule has 2 fully saturated rings. The van der Waals surface area contributed by atoms with Crippen molar-refractivity contribution in [2.75, 3.05) is 71.6 Å². The van der Waals surface area contributed by atoms with Gasteiger partial charge in [0, 0.05) is 99.1 Å². The Morgan fingerprint density at radius 3 is 1.80 bits per heavy atom. The molecule has 0 bridgehead atoms. The van der Waals surface area contributed by atoms with Gasteiger partial charge in [-0.3, -0.25) is 14.2 Å². The summed E-state index contributed by atoms with van der Waals surface area (Å²) in [6.45, 7) is 7.77. The third-order valence-corrected chi connectivity index (χ3v) is 13.7. The molecule has 21 heteroatoms. The fourth-order valence-corrected chi connectivity index (χ4v) is 9.86. The molecule has 0 saturated carbocycles. The van der Waals surface area contributed by atoms with Gasteiger partial charge in [0.1, 0.15) is 27.5 Å². The zero-order valence-corrected chi connectivity index (χ0v) is 34.0. The molecule has 7 heterocycles. The third-order valence-electron chi connectivity index (χ3n) is 9.19. The van der Waals surface area contributed by atoms with Crippen LogP contribution in [0.4, 0.5) is 21.9 Å². The van der Waals surface area contributed by atoms with Crippen LogP contribution >= 0.6 is 34.3 Å². The molecule has 3 N–H and O–H groups in total. The van der Waals surface area contributed by atoms with Crippen LogP contribution in [0.5, 0.6) is 0 Å². The van der Waals surface area contributed by atoms with Gasteiger partial charge in [0.15, 0.2) is 10.3 Å². The molecule has 2 aliphatic heterocycles. The minimum atomic E-state index is -3.75. The quantitative estimate of drug-likeness (QED) is 0.174. The van der Waals surface area contributed by atoms with Gasteiger partial charge in [-0.15, -0.1) is 22.7 Å². The van der Waals surface area contributed by atoms with E-state index in [4.69, 9.17) is 11.6 Å². The number of thiazole rings is 2. The van der Waals surface area contributed by atoms with Gasteiger partial charge in [0.25, 0.3) is 20.0 Å². The Morgan fingerprint density at radius 2 is 1.30 bits per heavy atom. The van der Waals surface area contributed by atoms with Crippen molar-refractivity contribution >= 4 is 93.0 Å². The van der Waals surface area contributed by atoms with Crippen molar-refractivity contribution in [3.63, 3.8) is 0 Å². The molecule has 1 aromatic carbocycles. The average Bonchev–Trinajstić information content (AvgIpc) is 4.01. The fraction of sp³-hybridized carbons (Fsp3) is 0.286. The average molecular weight is 856 g/mol. The lowest BCUT2D eigenvalue weighted by molar-refractivity contribution is -0.134. The van der Waals surface area contributed by atoms with Gasteiger partial charge in [0.2, 0.25) is 5.91 Å². The second-order valence-corrected chi connectivity index (χ2v) is 18.3. The molecular weight excluding hydrogens is 818 g/mol. The Kier molecular flexibility index (Phi) is 12.0. The van der Waals surface area contributed by atoms with E-state index < -0.39 is 20.0 Å². The highest BCUT2D eigenvalue weighted by atomic mass is 35.5. The van der Waals surface area contributed by atoms with Crippen LogP contribution in [0, 0.1) is 0 Å². The number of halogens is 1. The summed E-state index contributed by atoms with van der Waals surface area (Å²) in [6.07, 6.45) is 7.72. The number of sulfonamides is 2. The molecule has 2 saturated heterocycles. The summed E-state index contributed by atoms with van der Waals surface area (Å²) in [5.41, 5.74) is 0.931. The minimum absolute atomic E-state index is 0.0461. The highest BCUT2D eigenvalue weighted by Crippen LogP contribution is 2.26. The number of fused-ring (bicyclic) bond motifs is 1. The number of benzene rings is 1. The van der Waals surface area contributed by atoms with Gasteiger partial charge < -0.3 is 24.6 Å². The molecule has 0 radical (unpaired) electrons. The monoisotopic (exact) mass is 855 g/mol. The minimum Gasteiger partial charge on any atom is -0.354 e. The molecule has 1 amide bonds.